The van der Waals surface area contributed by atoms with Gasteiger partial charge < -0.3 is 4.57 Å². The summed E-state index contributed by atoms with van der Waals surface area (Å²) in [5, 5.41) is -0.970. The predicted octanol–water partition coefficient (Wildman–Crippen LogP) is 2.20. The van der Waals surface area contributed by atoms with Gasteiger partial charge in [0.1, 0.15) is 5.82 Å². The van der Waals surface area contributed by atoms with E-state index in [2.05, 4.69) is 0 Å². The number of nitrogens with zero attached hydrogens (tertiary/aromatic N) is 1. The van der Waals surface area contributed by atoms with E-state index in [4.69, 9.17) is 0 Å². The van der Waals surface area contributed by atoms with E-state index < -0.39 is 20.9 Å². The number of halogens is 1. The Hall–Kier alpha value is -1.95. The average molecular weight is 309 g/mol. The normalized spacial score (nSPS) is 13.1. The van der Waals surface area contributed by atoms with E-state index in [1.165, 1.54) is 42.0 Å². The molecule has 0 amide bonds. The molecule has 2 aromatic rings. The molecule has 0 bridgehead atoms. The van der Waals surface area contributed by atoms with Gasteiger partial charge in [0.25, 0.3) is 5.56 Å². The highest BCUT2D eigenvalue weighted by Crippen LogP contribution is 2.26. The molecule has 1 aromatic heterocycles. The Morgan fingerprint density at radius 2 is 1.90 bits per heavy atom. The van der Waals surface area contributed by atoms with E-state index in [0.29, 0.717) is 5.56 Å². The van der Waals surface area contributed by atoms with Gasteiger partial charge in [0, 0.05) is 24.9 Å². The number of rotatable bonds is 4. The fraction of sp³-hybridized carbons (Fsp3) is 0.267. The summed E-state index contributed by atoms with van der Waals surface area (Å²) in [4.78, 5) is 11.5. The Balaban J connectivity index is 2.32. The van der Waals surface area contributed by atoms with Crippen LogP contribution in [-0.2, 0) is 22.6 Å². The van der Waals surface area contributed by atoms with Crippen LogP contribution in [0.1, 0.15) is 23.3 Å². The molecule has 6 heteroatoms. The minimum absolute atomic E-state index is 0.140. The molecule has 4 nitrogen and oxygen atoms in total. The lowest BCUT2D eigenvalue weighted by Crippen LogP contribution is -2.18. The molecule has 1 heterocycles. The minimum Gasteiger partial charge on any atom is -0.319 e. The van der Waals surface area contributed by atoms with Crippen LogP contribution in [0, 0.1) is 5.82 Å². The van der Waals surface area contributed by atoms with Gasteiger partial charge in [-0.25, -0.2) is 12.8 Å². The molecule has 1 atom stereocenters. The molecule has 0 saturated heterocycles. The van der Waals surface area contributed by atoms with Crippen LogP contribution in [-0.4, -0.2) is 13.0 Å². The van der Waals surface area contributed by atoms with Crippen molar-refractivity contribution in [1.29, 1.82) is 0 Å². The lowest BCUT2D eigenvalue weighted by molar-refractivity contribution is 0.573. The van der Waals surface area contributed by atoms with Crippen LogP contribution in [0.2, 0.25) is 0 Å². The van der Waals surface area contributed by atoms with Crippen LogP contribution in [0.15, 0.2) is 47.4 Å². The molecule has 0 N–H and O–H groups in total. The summed E-state index contributed by atoms with van der Waals surface area (Å²) < 4.78 is 39.8. The maximum atomic E-state index is 13.7. The zero-order valence-corrected chi connectivity index (χ0v) is 12.6. The molecule has 2 rings (SSSR count). The van der Waals surface area contributed by atoms with E-state index in [0.717, 1.165) is 0 Å². The van der Waals surface area contributed by atoms with Gasteiger partial charge in [-0.15, -0.1) is 0 Å². The van der Waals surface area contributed by atoms with Crippen molar-refractivity contribution < 1.29 is 12.8 Å². The third kappa shape index (κ3) is 3.39. The van der Waals surface area contributed by atoms with Crippen LogP contribution >= 0.6 is 0 Å². The van der Waals surface area contributed by atoms with Crippen molar-refractivity contribution in [2.24, 2.45) is 7.05 Å². The quantitative estimate of drug-likeness (QED) is 0.870. The first kappa shape index (κ1) is 15.4. The van der Waals surface area contributed by atoms with Crippen molar-refractivity contribution >= 4 is 9.84 Å². The van der Waals surface area contributed by atoms with E-state index in [-0.39, 0.29) is 16.9 Å². The van der Waals surface area contributed by atoms with Gasteiger partial charge >= 0.3 is 0 Å². The van der Waals surface area contributed by atoms with E-state index in [1.807, 2.05) is 0 Å². The molecule has 21 heavy (non-hydrogen) atoms. The second-order valence-electron chi connectivity index (χ2n) is 4.96. The van der Waals surface area contributed by atoms with Crippen molar-refractivity contribution in [1.82, 2.24) is 4.57 Å². The van der Waals surface area contributed by atoms with E-state index in [1.54, 1.807) is 19.2 Å². The first-order chi connectivity index (χ1) is 9.81. The molecular formula is C15H16FNO3S. The van der Waals surface area contributed by atoms with E-state index in [9.17, 15) is 17.6 Å². The number of pyridine rings is 1. The topological polar surface area (TPSA) is 56.1 Å². The van der Waals surface area contributed by atoms with Crippen LogP contribution < -0.4 is 5.56 Å². The molecule has 1 aromatic carbocycles. The number of aryl methyl sites for hydroxylation is 1. The summed E-state index contributed by atoms with van der Waals surface area (Å²) >= 11 is 0. The van der Waals surface area contributed by atoms with Crippen LogP contribution in [0.3, 0.4) is 0 Å². The highest BCUT2D eigenvalue weighted by Gasteiger charge is 2.25. The summed E-state index contributed by atoms with van der Waals surface area (Å²) in [6.45, 7) is 1.45. The lowest BCUT2D eigenvalue weighted by atomic mass is 10.1. The lowest BCUT2D eigenvalue weighted by Gasteiger charge is -2.14. The SMILES string of the molecule is C[C@H](c1ccccc1F)S(=O)(=O)Cc1ccn(C)c(=O)c1. The zero-order valence-electron chi connectivity index (χ0n) is 11.8. The van der Waals surface area contributed by atoms with Crippen LogP contribution in [0.5, 0.6) is 0 Å². The van der Waals surface area contributed by atoms with Crippen LogP contribution in [0.25, 0.3) is 0 Å². The van der Waals surface area contributed by atoms with Gasteiger partial charge in [-0.1, -0.05) is 18.2 Å². The predicted molar refractivity (Wildman–Crippen MR) is 79.1 cm³/mol. The van der Waals surface area contributed by atoms with Gasteiger partial charge in [-0.2, -0.15) is 0 Å². The molecule has 0 aliphatic heterocycles. The van der Waals surface area contributed by atoms with Crippen molar-refractivity contribution in [3.63, 3.8) is 0 Å². The summed E-state index contributed by atoms with van der Waals surface area (Å²) in [6.07, 6.45) is 1.51. The number of hydrogen-bond acceptors (Lipinski definition) is 3. The number of sulfone groups is 1. The first-order valence-corrected chi connectivity index (χ1v) is 8.14. The third-order valence-electron chi connectivity index (χ3n) is 3.42. The van der Waals surface area contributed by atoms with Crippen LogP contribution in [0.4, 0.5) is 4.39 Å². The molecule has 0 unspecified atom stereocenters. The standard InChI is InChI=1S/C15H16FNO3S/c1-11(13-5-3-4-6-14(13)16)21(19,20)10-12-7-8-17(2)15(18)9-12/h3-9,11H,10H2,1-2H3/t11-/m1/s1. The third-order valence-corrected chi connectivity index (χ3v) is 5.49. The second kappa shape index (κ2) is 5.81. The van der Waals surface area contributed by atoms with Crippen molar-refractivity contribution in [2.45, 2.75) is 17.9 Å². The first-order valence-electron chi connectivity index (χ1n) is 6.43. The molecule has 0 aliphatic rings. The molecule has 0 fully saturated rings. The highest BCUT2D eigenvalue weighted by atomic mass is 32.2. The van der Waals surface area contributed by atoms with Crippen molar-refractivity contribution in [2.75, 3.05) is 0 Å². The summed E-state index contributed by atoms with van der Waals surface area (Å²) in [5.74, 6) is -0.837. The summed E-state index contributed by atoms with van der Waals surface area (Å²) in [5.41, 5.74) is 0.267. The summed E-state index contributed by atoms with van der Waals surface area (Å²) in [6, 6.07) is 8.67. The van der Waals surface area contributed by atoms with Crippen molar-refractivity contribution in [3.8, 4) is 0 Å². The number of hydrogen-bond donors (Lipinski definition) is 0. The minimum atomic E-state index is -3.61. The maximum Gasteiger partial charge on any atom is 0.250 e. The zero-order chi connectivity index (χ0) is 15.6. The second-order valence-corrected chi connectivity index (χ2v) is 7.28. The molecule has 0 radical (unpaired) electrons. The fourth-order valence-electron chi connectivity index (χ4n) is 2.03. The highest BCUT2D eigenvalue weighted by molar-refractivity contribution is 7.90. The monoisotopic (exact) mass is 309 g/mol. The largest absolute Gasteiger partial charge is 0.319 e. The van der Waals surface area contributed by atoms with Gasteiger partial charge in [0.2, 0.25) is 0 Å². The number of aromatic nitrogens is 1. The molecular weight excluding hydrogens is 293 g/mol. The Morgan fingerprint density at radius 3 is 2.52 bits per heavy atom. The van der Waals surface area contributed by atoms with Crippen molar-refractivity contribution in [3.05, 3.63) is 69.9 Å². The Morgan fingerprint density at radius 1 is 1.24 bits per heavy atom. The molecule has 112 valence electrons. The maximum absolute atomic E-state index is 13.7. The summed E-state index contributed by atoms with van der Waals surface area (Å²) in [7, 11) is -2.02. The molecule has 0 saturated carbocycles. The van der Waals surface area contributed by atoms with Gasteiger partial charge in [0.05, 0.1) is 11.0 Å². The Kier molecular flexibility index (Phi) is 4.27. The van der Waals surface area contributed by atoms with Gasteiger partial charge in [0.15, 0.2) is 9.84 Å². The fourth-order valence-corrected chi connectivity index (χ4v) is 3.51. The van der Waals surface area contributed by atoms with E-state index >= 15 is 0 Å². The Bertz CT molecular complexity index is 812. The number of benzene rings is 1. The van der Waals surface area contributed by atoms with Gasteiger partial charge in [-0.05, 0) is 24.6 Å². The molecule has 0 aliphatic carbocycles. The average Bonchev–Trinajstić information content (AvgIpc) is 2.42. The Labute approximate surface area is 122 Å². The smallest absolute Gasteiger partial charge is 0.250 e. The molecule has 0 spiro atoms. The van der Waals surface area contributed by atoms with Gasteiger partial charge in [-0.3, -0.25) is 4.79 Å².